The van der Waals surface area contributed by atoms with Crippen molar-refractivity contribution in [3.63, 3.8) is 0 Å². The first kappa shape index (κ1) is 17.9. The molecule has 3 heterocycles. The molecule has 0 radical (unpaired) electrons. The van der Waals surface area contributed by atoms with Gasteiger partial charge in [0.15, 0.2) is 0 Å². The van der Waals surface area contributed by atoms with Crippen LogP contribution in [0.15, 0.2) is 67.0 Å². The van der Waals surface area contributed by atoms with Crippen LogP contribution < -0.4 is 10.1 Å². The van der Waals surface area contributed by atoms with Crippen LogP contribution in [-0.4, -0.2) is 34.9 Å². The van der Waals surface area contributed by atoms with Crippen LogP contribution in [0.25, 0.3) is 11.1 Å². The standard InChI is InChI=1S/C24H23N3O2/c28-24(26-20-9-11-27(15-20)14-17-4-2-1-3-5-17)18-6-7-22-21-8-10-25-13-19(21)16-29-23(22)12-18/h1-8,10,12-13,20H,9,11,14-16H2,(H,26,28). The molecular weight excluding hydrogens is 362 g/mol. The highest BCUT2D eigenvalue weighted by Crippen LogP contribution is 2.37. The second-order valence-electron chi connectivity index (χ2n) is 7.71. The van der Waals surface area contributed by atoms with Crippen molar-refractivity contribution in [3.8, 4) is 16.9 Å². The molecule has 2 aliphatic rings. The Kier molecular flexibility index (Phi) is 4.74. The van der Waals surface area contributed by atoms with E-state index in [9.17, 15) is 4.79 Å². The number of likely N-dealkylation sites (tertiary alicyclic amines) is 1. The average Bonchev–Trinajstić information content (AvgIpc) is 3.20. The number of aromatic nitrogens is 1. The molecule has 1 amide bonds. The molecule has 0 aliphatic carbocycles. The molecule has 1 aromatic heterocycles. The lowest BCUT2D eigenvalue weighted by atomic mass is 9.97. The SMILES string of the molecule is O=C(NC1CCN(Cc2ccccc2)C1)c1ccc2c(c1)OCc1cnccc1-2. The van der Waals surface area contributed by atoms with Crippen LogP contribution in [0, 0.1) is 0 Å². The van der Waals surface area contributed by atoms with Gasteiger partial charge in [-0.05, 0) is 41.8 Å². The lowest BCUT2D eigenvalue weighted by molar-refractivity contribution is 0.0937. The zero-order valence-corrected chi connectivity index (χ0v) is 16.2. The Balaban J connectivity index is 1.24. The molecule has 29 heavy (non-hydrogen) atoms. The van der Waals surface area contributed by atoms with Crippen LogP contribution in [0.4, 0.5) is 0 Å². The van der Waals surface area contributed by atoms with Gasteiger partial charge in [-0.3, -0.25) is 14.7 Å². The molecule has 2 aliphatic heterocycles. The maximum Gasteiger partial charge on any atom is 0.251 e. The van der Waals surface area contributed by atoms with Crippen molar-refractivity contribution >= 4 is 5.91 Å². The van der Waals surface area contributed by atoms with Crippen LogP contribution in [0.2, 0.25) is 0 Å². The summed E-state index contributed by atoms with van der Waals surface area (Å²) >= 11 is 0. The maximum atomic E-state index is 12.8. The smallest absolute Gasteiger partial charge is 0.251 e. The third kappa shape index (κ3) is 3.74. The number of fused-ring (bicyclic) bond motifs is 3. The van der Waals surface area contributed by atoms with Gasteiger partial charge in [-0.2, -0.15) is 0 Å². The fourth-order valence-corrected chi connectivity index (χ4v) is 4.17. The number of rotatable bonds is 4. The molecule has 1 N–H and O–H groups in total. The molecule has 5 rings (SSSR count). The van der Waals surface area contributed by atoms with E-state index in [-0.39, 0.29) is 11.9 Å². The number of carbonyl (C=O) groups excluding carboxylic acids is 1. The number of nitrogens with zero attached hydrogens (tertiary/aromatic N) is 2. The summed E-state index contributed by atoms with van der Waals surface area (Å²) in [6.45, 7) is 3.28. The topological polar surface area (TPSA) is 54.5 Å². The number of amides is 1. The largest absolute Gasteiger partial charge is 0.488 e. The normalized spacial score (nSPS) is 17.9. The zero-order chi connectivity index (χ0) is 19.6. The van der Waals surface area contributed by atoms with Crippen LogP contribution in [-0.2, 0) is 13.2 Å². The Bertz CT molecular complexity index is 1040. The highest BCUT2D eigenvalue weighted by molar-refractivity contribution is 5.96. The van der Waals surface area contributed by atoms with Crippen LogP contribution in [0.5, 0.6) is 5.75 Å². The third-order valence-electron chi connectivity index (χ3n) is 5.68. The molecule has 2 aromatic carbocycles. The molecule has 5 nitrogen and oxygen atoms in total. The lowest BCUT2D eigenvalue weighted by Crippen LogP contribution is -2.37. The van der Waals surface area contributed by atoms with Gasteiger partial charge in [-0.15, -0.1) is 0 Å². The van der Waals surface area contributed by atoms with E-state index in [0.29, 0.717) is 12.2 Å². The second kappa shape index (κ2) is 7.68. The summed E-state index contributed by atoms with van der Waals surface area (Å²) in [7, 11) is 0. The second-order valence-corrected chi connectivity index (χ2v) is 7.71. The number of pyridine rings is 1. The molecule has 1 saturated heterocycles. The Morgan fingerprint density at radius 1 is 1.14 bits per heavy atom. The predicted octanol–water partition coefficient (Wildman–Crippen LogP) is 3.65. The summed E-state index contributed by atoms with van der Waals surface area (Å²) in [6.07, 6.45) is 4.59. The number of carbonyl (C=O) groups is 1. The van der Waals surface area contributed by atoms with Crippen LogP contribution in [0.3, 0.4) is 0 Å². The van der Waals surface area contributed by atoms with E-state index in [1.54, 1.807) is 6.20 Å². The number of hydrogen-bond donors (Lipinski definition) is 1. The van der Waals surface area contributed by atoms with E-state index in [4.69, 9.17) is 4.74 Å². The molecular formula is C24H23N3O2. The summed E-state index contributed by atoms with van der Waals surface area (Å²) in [5.41, 5.74) is 5.16. The highest BCUT2D eigenvalue weighted by Gasteiger charge is 2.25. The van der Waals surface area contributed by atoms with Gasteiger partial charge in [0, 0.05) is 54.8 Å². The van der Waals surface area contributed by atoms with E-state index in [0.717, 1.165) is 48.5 Å². The predicted molar refractivity (Wildman–Crippen MR) is 112 cm³/mol. The van der Waals surface area contributed by atoms with Crippen molar-refractivity contribution in [2.75, 3.05) is 13.1 Å². The quantitative estimate of drug-likeness (QED) is 0.745. The summed E-state index contributed by atoms with van der Waals surface area (Å²) < 4.78 is 5.87. The Hall–Kier alpha value is -3.18. The van der Waals surface area contributed by atoms with Gasteiger partial charge in [0.25, 0.3) is 5.91 Å². The van der Waals surface area contributed by atoms with E-state index < -0.39 is 0 Å². The molecule has 0 bridgehead atoms. The van der Waals surface area contributed by atoms with E-state index in [1.165, 1.54) is 5.56 Å². The lowest BCUT2D eigenvalue weighted by Gasteiger charge is -2.21. The molecule has 1 atom stereocenters. The molecule has 1 unspecified atom stereocenters. The Labute approximate surface area is 170 Å². The summed E-state index contributed by atoms with van der Waals surface area (Å²) in [5, 5.41) is 3.19. The minimum Gasteiger partial charge on any atom is -0.488 e. The van der Waals surface area contributed by atoms with Crippen LogP contribution >= 0.6 is 0 Å². The first-order valence-electron chi connectivity index (χ1n) is 10.0. The Morgan fingerprint density at radius 2 is 2.03 bits per heavy atom. The summed E-state index contributed by atoms with van der Waals surface area (Å²) in [6, 6.07) is 18.3. The van der Waals surface area contributed by atoms with E-state index >= 15 is 0 Å². The minimum atomic E-state index is -0.0384. The number of benzene rings is 2. The van der Waals surface area contributed by atoms with Gasteiger partial charge in [0.1, 0.15) is 12.4 Å². The molecule has 146 valence electrons. The maximum absolute atomic E-state index is 12.8. The van der Waals surface area contributed by atoms with Crippen molar-refractivity contribution in [3.05, 3.63) is 83.7 Å². The van der Waals surface area contributed by atoms with Crippen molar-refractivity contribution < 1.29 is 9.53 Å². The van der Waals surface area contributed by atoms with Crippen molar-refractivity contribution in [1.82, 2.24) is 15.2 Å². The first-order valence-corrected chi connectivity index (χ1v) is 10.0. The van der Waals surface area contributed by atoms with Crippen molar-refractivity contribution in [1.29, 1.82) is 0 Å². The van der Waals surface area contributed by atoms with Crippen LogP contribution in [0.1, 0.15) is 27.9 Å². The third-order valence-corrected chi connectivity index (χ3v) is 5.68. The molecule has 1 fully saturated rings. The fraction of sp³-hybridized carbons (Fsp3) is 0.250. The zero-order valence-electron chi connectivity index (χ0n) is 16.2. The van der Waals surface area contributed by atoms with Gasteiger partial charge in [-0.25, -0.2) is 0 Å². The van der Waals surface area contributed by atoms with Gasteiger partial charge in [-0.1, -0.05) is 30.3 Å². The monoisotopic (exact) mass is 385 g/mol. The molecule has 3 aromatic rings. The number of hydrogen-bond acceptors (Lipinski definition) is 4. The first-order chi connectivity index (χ1) is 14.3. The van der Waals surface area contributed by atoms with Crippen molar-refractivity contribution in [2.24, 2.45) is 0 Å². The highest BCUT2D eigenvalue weighted by atomic mass is 16.5. The summed E-state index contributed by atoms with van der Waals surface area (Å²) in [5.74, 6) is 0.719. The molecule has 5 heteroatoms. The van der Waals surface area contributed by atoms with E-state index in [2.05, 4.69) is 39.5 Å². The minimum absolute atomic E-state index is 0.0384. The Morgan fingerprint density at radius 3 is 2.93 bits per heavy atom. The summed E-state index contributed by atoms with van der Waals surface area (Å²) in [4.78, 5) is 19.4. The van der Waals surface area contributed by atoms with Gasteiger partial charge in [0.2, 0.25) is 0 Å². The molecule has 0 saturated carbocycles. The van der Waals surface area contributed by atoms with Gasteiger partial charge < -0.3 is 10.1 Å². The number of ether oxygens (including phenoxy) is 1. The van der Waals surface area contributed by atoms with Crippen molar-refractivity contribution in [2.45, 2.75) is 25.6 Å². The van der Waals surface area contributed by atoms with E-state index in [1.807, 2.05) is 36.5 Å². The van der Waals surface area contributed by atoms with Gasteiger partial charge >= 0.3 is 0 Å². The number of nitrogens with one attached hydrogen (secondary N) is 1. The van der Waals surface area contributed by atoms with Gasteiger partial charge in [0.05, 0.1) is 0 Å². The molecule has 0 spiro atoms. The fourth-order valence-electron chi connectivity index (χ4n) is 4.17. The average molecular weight is 385 g/mol.